The third-order valence-electron chi connectivity index (χ3n) is 2.64. The molecule has 18 heavy (non-hydrogen) atoms. The first-order chi connectivity index (χ1) is 8.40. The number of halogens is 1. The van der Waals surface area contributed by atoms with E-state index in [1.54, 1.807) is 38.2 Å². The minimum Gasteiger partial charge on any atom is -0.387 e. The van der Waals surface area contributed by atoms with Crippen LogP contribution < -0.4 is 0 Å². The van der Waals surface area contributed by atoms with E-state index in [9.17, 15) is 14.3 Å². The molecule has 0 bridgehead atoms. The highest BCUT2D eigenvalue weighted by atomic mass is 19.1. The van der Waals surface area contributed by atoms with E-state index in [0.717, 1.165) is 0 Å². The third kappa shape index (κ3) is 4.43. The summed E-state index contributed by atoms with van der Waals surface area (Å²) in [6, 6.07) is 5.70. The van der Waals surface area contributed by atoms with E-state index in [4.69, 9.17) is 0 Å². The molecule has 0 unspecified atom stereocenters. The van der Waals surface area contributed by atoms with Crippen LogP contribution in [0.4, 0.5) is 4.39 Å². The molecule has 1 N–H and O–H groups in total. The molecule has 4 nitrogen and oxygen atoms in total. The third-order valence-corrected chi connectivity index (χ3v) is 2.64. The van der Waals surface area contributed by atoms with E-state index in [1.165, 1.54) is 17.0 Å². The standard InChI is InChI=1S/C13H19FN2O2/c1-15(2)13(18)9-16(3)8-12(17)10-4-6-11(14)7-5-10/h4-7,12,17H,8-9H2,1-3H3/t12-/m1/s1. The molecule has 0 spiro atoms. The Labute approximate surface area is 107 Å². The molecule has 0 radical (unpaired) electrons. The fraction of sp³-hybridized carbons (Fsp3) is 0.462. The lowest BCUT2D eigenvalue weighted by molar-refractivity contribution is -0.129. The molecule has 1 rings (SSSR count). The molecule has 1 amide bonds. The van der Waals surface area contributed by atoms with Crippen molar-refractivity contribution < 1.29 is 14.3 Å². The maximum absolute atomic E-state index is 12.7. The number of aliphatic hydroxyl groups is 1. The minimum absolute atomic E-state index is 0.0243. The Morgan fingerprint density at radius 2 is 1.83 bits per heavy atom. The van der Waals surface area contributed by atoms with Crippen molar-refractivity contribution in [3.8, 4) is 0 Å². The van der Waals surface area contributed by atoms with E-state index in [-0.39, 0.29) is 18.3 Å². The van der Waals surface area contributed by atoms with Gasteiger partial charge in [-0.1, -0.05) is 12.1 Å². The molecule has 5 heteroatoms. The number of rotatable bonds is 5. The summed E-state index contributed by atoms with van der Waals surface area (Å²) in [5, 5.41) is 9.94. The molecule has 0 heterocycles. The second-order valence-electron chi connectivity index (χ2n) is 4.55. The van der Waals surface area contributed by atoms with Crippen LogP contribution in [0.2, 0.25) is 0 Å². The van der Waals surface area contributed by atoms with Gasteiger partial charge in [0.05, 0.1) is 12.6 Å². The molecule has 100 valence electrons. The Morgan fingerprint density at radius 1 is 1.28 bits per heavy atom. The molecule has 0 aromatic heterocycles. The highest BCUT2D eigenvalue weighted by Gasteiger charge is 2.14. The summed E-state index contributed by atoms with van der Waals surface area (Å²) < 4.78 is 12.7. The van der Waals surface area contributed by atoms with E-state index in [1.807, 2.05) is 0 Å². The lowest BCUT2D eigenvalue weighted by Crippen LogP contribution is -2.36. The maximum atomic E-state index is 12.7. The van der Waals surface area contributed by atoms with Gasteiger partial charge < -0.3 is 10.0 Å². The lowest BCUT2D eigenvalue weighted by atomic mass is 10.1. The fourth-order valence-corrected chi connectivity index (χ4v) is 1.52. The number of hydrogen-bond acceptors (Lipinski definition) is 3. The first-order valence-corrected chi connectivity index (χ1v) is 5.72. The van der Waals surface area contributed by atoms with Crippen molar-refractivity contribution in [3.63, 3.8) is 0 Å². The summed E-state index contributed by atoms with van der Waals surface area (Å²) in [5.74, 6) is -0.356. The first kappa shape index (κ1) is 14.6. The van der Waals surface area contributed by atoms with Crippen LogP contribution in [0.25, 0.3) is 0 Å². The van der Waals surface area contributed by atoms with Crippen LogP contribution in [-0.2, 0) is 4.79 Å². The smallest absolute Gasteiger partial charge is 0.236 e. The van der Waals surface area contributed by atoms with Crippen molar-refractivity contribution in [1.29, 1.82) is 0 Å². The van der Waals surface area contributed by atoms with Crippen molar-refractivity contribution in [3.05, 3.63) is 35.6 Å². The molecule has 0 saturated heterocycles. The zero-order valence-corrected chi connectivity index (χ0v) is 10.9. The highest BCUT2D eigenvalue weighted by Crippen LogP contribution is 2.14. The number of aliphatic hydroxyl groups excluding tert-OH is 1. The Bertz CT molecular complexity index is 392. The van der Waals surface area contributed by atoms with Crippen molar-refractivity contribution in [2.75, 3.05) is 34.2 Å². The Balaban J connectivity index is 2.51. The van der Waals surface area contributed by atoms with Gasteiger partial charge in [-0.3, -0.25) is 9.69 Å². The molecule has 0 aliphatic carbocycles. The Hall–Kier alpha value is -1.46. The highest BCUT2D eigenvalue weighted by molar-refractivity contribution is 5.77. The van der Waals surface area contributed by atoms with Gasteiger partial charge in [0.15, 0.2) is 0 Å². The number of hydrogen-bond donors (Lipinski definition) is 1. The van der Waals surface area contributed by atoms with Crippen LogP contribution in [0.3, 0.4) is 0 Å². The van der Waals surface area contributed by atoms with Crippen LogP contribution in [0, 0.1) is 5.82 Å². The topological polar surface area (TPSA) is 43.8 Å². The van der Waals surface area contributed by atoms with Crippen molar-refractivity contribution >= 4 is 5.91 Å². The summed E-state index contributed by atoms with van der Waals surface area (Å²) in [6.07, 6.45) is -0.731. The second-order valence-corrected chi connectivity index (χ2v) is 4.55. The normalized spacial score (nSPS) is 12.6. The minimum atomic E-state index is -0.731. The monoisotopic (exact) mass is 254 g/mol. The Morgan fingerprint density at radius 3 is 2.33 bits per heavy atom. The van der Waals surface area contributed by atoms with Crippen LogP contribution in [-0.4, -0.2) is 55.0 Å². The summed E-state index contributed by atoms with van der Waals surface area (Å²) in [6.45, 7) is 0.566. The van der Waals surface area contributed by atoms with E-state index < -0.39 is 6.10 Å². The van der Waals surface area contributed by atoms with Gasteiger partial charge in [0, 0.05) is 20.6 Å². The largest absolute Gasteiger partial charge is 0.387 e. The van der Waals surface area contributed by atoms with Crippen LogP contribution in [0.5, 0.6) is 0 Å². The molecule has 1 aromatic carbocycles. The van der Waals surface area contributed by atoms with E-state index >= 15 is 0 Å². The summed E-state index contributed by atoms with van der Waals surface area (Å²) in [5.41, 5.74) is 0.639. The van der Waals surface area contributed by atoms with Gasteiger partial charge >= 0.3 is 0 Å². The molecule has 1 aromatic rings. The first-order valence-electron chi connectivity index (χ1n) is 5.72. The molecule has 0 aliphatic heterocycles. The molecule has 0 fully saturated rings. The SMILES string of the molecule is CN(CC(=O)N(C)C)C[C@@H](O)c1ccc(F)cc1. The average Bonchev–Trinajstić information content (AvgIpc) is 2.29. The second kappa shape index (κ2) is 6.47. The summed E-state index contributed by atoms with van der Waals surface area (Å²) in [7, 11) is 5.13. The molecular formula is C13H19FN2O2. The zero-order chi connectivity index (χ0) is 13.7. The number of benzene rings is 1. The number of carbonyl (C=O) groups excluding carboxylic acids is 1. The molecule has 0 aliphatic rings. The number of carbonyl (C=O) groups is 1. The van der Waals surface area contributed by atoms with Crippen molar-refractivity contribution in [2.24, 2.45) is 0 Å². The van der Waals surface area contributed by atoms with Gasteiger partial charge in [-0.25, -0.2) is 4.39 Å². The van der Waals surface area contributed by atoms with Gasteiger partial charge in [0.2, 0.25) is 5.91 Å². The van der Waals surface area contributed by atoms with Crippen LogP contribution in [0.1, 0.15) is 11.7 Å². The van der Waals surface area contributed by atoms with Gasteiger partial charge in [-0.15, -0.1) is 0 Å². The van der Waals surface area contributed by atoms with Gasteiger partial charge in [0.25, 0.3) is 0 Å². The average molecular weight is 254 g/mol. The predicted molar refractivity (Wildman–Crippen MR) is 67.6 cm³/mol. The number of amides is 1. The quantitative estimate of drug-likeness (QED) is 0.848. The summed E-state index contributed by atoms with van der Waals surface area (Å²) in [4.78, 5) is 14.7. The van der Waals surface area contributed by atoms with Crippen molar-refractivity contribution in [1.82, 2.24) is 9.80 Å². The summed E-state index contributed by atoms with van der Waals surface area (Å²) >= 11 is 0. The van der Waals surface area contributed by atoms with Crippen LogP contribution >= 0.6 is 0 Å². The molecular weight excluding hydrogens is 235 g/mol. The molecule has 1 atom stereocenters. The van der Waals surface area contributed by atoms with Crippen LogP contribution in [0.15, 0.2) is 24.3 Å². The Kier molecular flexibility index (Phi) is 5.25. The zero-order valence-electron chi connectivity index (χ0n) is 10.9. The lowest BCUT2D eigenvalue weighted by Gasteiger charge is -2.21. The fourth-order valence-electron chi connectivity index (χ4n) is 1.52. The number of nitrogens with zero attached hydrogens (tertiary/aromatic N) is 2. The van der Waals surface area contributed by atoms with Gasteiger partial charge in [-0.05, 0) is 24.7 Å². The molecule has 0 saturated carbocycles. The number of likely N-dealkylation sites (N-methyl/N-ethyl adjacent to an activating group) is 2. The van der Waals surface area contributed by atoms with Gasteiger partial charge in [0.1, 0.15) is 5.82 Å². The van der Waals surface area contributed by atoms with Crippen molar-refractivity contribution in [2.45, 2.75) is 6.10 Å². The predicted octanol–water partition coefficient (Wildman–Crippen LogP) is 0.879. The van der Waals surface area contributed by atoms with E-state index in [2.05, 4.69) is 0 Å². The van der Waals surface area contributed by atoms with E-state index in [0.29, 0.717) is 12.1 Å². The maximum Gasteiger partial charge on any atom is 0.236 e. The van der Waals surface area contributed by atoms with Gasteiger partial charge in [-0.2, -0.15) is 0 Å².